The molecule has 2 atom stereocenters. The standard InChI is InChI=1S/C28H35N5O2S/c1-18-9-10-19(2)24(16-18)30-25(34)11-13-33-27(22-17-20(3)32(21(22)4)14-15-35-5)26(31-28(33)36)23-8-6-7-12-29-23/h6-10,12,16-17,26-27H,11,13-15H2,1-5H3,(H,30,34)(H,31,36)/t26-,27-/m0/s1. The van der Waals surface area contributed by atoms with Crippen molar-refractivity contribution in [2.45, 2.75) is 52.7 Å². The fourth-order valence-electron chi connectivity index (χ4n) is 4.94. The van der Waals surface area contributed by atoms with Crippen molar-refractivity contribution in [1.82, 2.24) is 19.8 Å². The molecule has 2 N–H and O–H groups in total. The number of pyridine rings is 1. The minimum Gasteiger partial charge on any atom is -0.383 e. The molecule has 0 aliphatic carbocycles. The van der Waals surface area contributed by atoms with Crippen LogP contribution >= 0.6 is 12.2 Å². The number of nitrogens with zero attached hydrogens (tertiary/aromatic N) is 3. The van der Waals surface area contributed by atoms with Crippen LogP contribution in [0.1, 0.15) is 52.3 Å². The number of carbonyl (C=O) groups is 1. The number of hydrogen-bond acceptors (Lipinski definition) is 4. The summed E-state index contributed by atoms with van der Waals surface area (Å²) >= 11 is 5.80. The molecule has 190 valence electrons. The second-order valence-electron chi connectivity index (χ2n) is 9.41. The Hall–Kier alpha value is -3.23. The van der Waals surface area contributed by atoms with Gasteiger partial charge in [0.25, 0.3) is 0 Å². The molecule has 0 unspecified atom stereocenters. The molecule has 1 aliphatic rings. The fraction of sp³-hybridized carbons (Fsp3) is 0.393. The molecule has 3 heterocycles. The van der Waals surface area contributed by atoms with Crippen LogP contribution in [0.15, 0.2) is 48.7 Å². The lowest BCUT2D eigenvalue weighted by molar-refractivity contribution is -0.116. The van der Waals surface area contributed by atoms with Crippen molar-refractivity contribution >= 4 is 28.9 Å². The van der Waals surface area contributed by atoms with Gasteiger partial charge in [0, 0.05) is 49.9 Å². The van der Waals surface area contributed by atoms with E-state index >= 15 is 0 Å². The van der Waals surface area contributed by atoms with Crippen LogP contribution in [0, 0.1) is 27.7 Å². The zero-order chi connectivity index (χ0) is 25.8. The number of aromatic nitrogens is 2. The first kappa shape index (κ1) is 25.9. The molecule has 1 aromatic carbocycles. The summed E-state index contributed by atoms with van der Waals surface area (Å²) in [5.74, 6) is -0.0305. The highest BCUT2D eigenvalue weighted by molar-refractivity contribution is 7.80. The van der Waals surface area contributed by atoms with E-state index in [1.54, 1.807) is 13.3 Å². The Morgan fingerprint density at radius 2 is 1.94 bits per heavy atom. The minimum absolute atomic E-state index is 0.0305. The van der Waals surface area contributed by atoms with Crippen molar-refractivity contribution in [3.63, 3.8) is 0 Å². The maximum atomic E-state index is 12.9. The van der Waals surface area contributed by atoms with Gasteiger partial charge in [-0.3, -0.25) is 9.78 Å². The molecule has 1 amide bonds. The number of carbonyl (C=O) groups excluding carboxylic acids is 1. The molecular formula is C28H35N5O2S. The molecule has 7 nitrogen and oxygen atoms in total. The van der Waals surface area contributed by atoms with E-state index in [0.29, 0.717) is 24.7 Å². The number of hydrogen-bond donors (Lipinski definition) is 2. The number of nitrogens with one attached hydrogen (secondary N) is 2. The summed E-state index contributed by atoms with van der Waals surface area (Å²) in [5, 5.41) is 7.20. The van der Waals surface area contributed by atoms with E-state index in [0.717, 1.165) is 29.1 Å². The highest BCUT2D eigenvalue weighted by atomic mass is 32.1. The molecule has 36 heavy (non-hydrogen) atoms. The Bertz CT molecular complexity index is 1240. The zero-order valence-electron chi connectivity index (χ0n) is 21.7. The van der Waals surface area contributed by atoms with Crippen LogP contribution in [0.3, 0.4) is 0 Å². The zero-order valence-corrected chi connectivity index (χ0v) is 22.5. The van der Waals surface area contributed by atoms with Crippen molar-refractivity contribution in [1.29, 1.82) is 0 Å². The SMILES string of the molecule is COCCn1c(C)cc([C@H]2[C@H](c3ccccn3)NC(=S)N2CCC(=O)Nc2cc(C)ccc2C)c1C. The summed E-state index contributed by atoms with van der Waals surface area (Å²) in [4.78, 5) is 19.7. The molecule has 1 aliphatic heterocycles. The molecule has 0 bridgehead atoms. The van der Waals surface area contributed by atoms with Gasteiger partial charge in [-0.15, -0.1) is 0 Å². The molecule has 4 rings (SSSR count). The van der Waals surface area contributed by atoms with Gasteiger partial charge in [-0.05, 0) is 80.9 Å². The van der Waals surface area contributed by atoms with Crippen molar-refractivity contribution in [2.75, 3.05) is 25.6 Å². The van der Waals surface area contributed by atoms with E-state index in [1.165, 1.54) is 17.0 Å². The third kappa shape index (κ3) is 5.44. The number of anilines is 1. The van der Waals surface area contributed by atoms with Gasteiger partial charge in [0.2, 0.25) is 5.91 Å². The van der Waals surface area contributed by atoms with Gasteiger partial charge in [-0.1, -0.05) is 18.2 Å². The largest absolute Gasteiger partial charge is 0.383 e. The highest BCUT2D eigenvalue weighted by Crippen LogP contribution is 2.40. The van der Waals surface area contributed by atoms with Crippen molar-refractivity contribution in [3.8, 4) is 0 Å². The summed E-state index contributed by atoms with van der Waals surface area (Å²) in [6.07, 6.45) is 2.13. The molecule has 0 spiro atoms. The summed E-state index contributed by atoms with van der Waals surface area (Å²) in [6, 6.07) is 14.0. The average Bonchev–Trinajstić information content (AvgIpc) is 3.33. The van der Waals surface area contributed by atoms with Crippen LogP contribution in [0.2, 0.25) is 0 Å². The molecular weight excluding hydrogens is 470 g/mol. The third-order valence-electron chi connectivity index (χ3n) is 6.90. The third-order valence-corrected chi connectivity index (χ3v) is 7.25. The topological polar surface area (TPSA) is 71.4 Å². The Kier molecular flexibility index (Phi) is 8.06. The van der Waals surface area contributed by atoms with Crippen LogP contribution in [-0.2, 0) is 16.1 Å². The molecule has 0 saturated carbocycles. The highest BCUT2D eigenvalue weighted by Gasteiger charge is 2.41. The van der Waals surface area contributed by atoms with Crippen LogP contribution in [0.4, 0.5) is 5.69 Å². The van der Waals surface area contributed by atoms with Crippen LogP contribution in [0.5, 0.6) is 0 Å². The van der Waals surface area contributed by atoms with Gasteiger partial charge in [0.1, 0.15) is 0 Å². The first-order valence-electron chi connectivity index (χ1n) is 12.3. The molecule has 3 aromatic rings. The normalized spacial score (nSPS) is 17.4. The van der Waals surface area contributed by atoms with E-state index < -0.39 is 0 Å². The summed E-state index contributed by atoms with van der Waals surface area (Å²) in [7, 11) is 1.72. The first-order valence-corrected chi connectivity index (χ1v) is 12.7. The second-order valence-corrected chi connectivity index (χ2v) is 9.79. The van der Waals surface area contributed by atoms with E-state index in [4.69, 9.17) is 17.0 Å². The number of benzene rings is 1. The lowest BCUT2D eigenvalue weighted by atomic mass is 9.96. The van der Waals surface area contributed by atoms with E-state index in [2.05, 4.69) is 45.0 Å². The van der Waals surface area contributed by atoms with Gasteiger partial charge in [-0.25, -0.2) is 0 Å². The van der Waals surface area contributed by atoms with Gasteiger partial charge in [-0.2, -0.15) is 0 Å². The maximum Gasteiger partial charge on any atom is 0.226 e. The van der Waals surface area contributed by atoms with E-state index in [9.17, 15) is 4.79 Å². The smallest absolute Gasteiger partial charge is 0.226 e. The Morgan fingerprint density at radius 3 is 2.67 bits per heavy atom. The number of ether oxygens (including phenoxy) is 1. The van der Waals surface area contributed by atoms with Crippen molar-refractivity contribution in [3.05, 3.63) is 82.4 Å². The van der Waals surface area contributed by atoms with Crippen LogP contribution in [-0.4, -0.2) is 45.7 Å². The summed E-state index contributed by atoms with van der Waals surface area (Å²) in [5.41, 5.74) is 7.46. The number of rotatable bonds is 9. The minimum atomic E-state index is -0.114. The lowest BCUT2D eigenvalue weighted by Gasteiger charge is -2.28. The Balaban J connectivity index is 1.60. The van der Waals surface area contributed by atoms with Crippen LogP contribution < -0.4 is 10.6 Å². The van der Waals surface area contributed by atoms with Gasteiger partial charge in [0.15, 0.2) is 5.11 Å². The molecule has 2 aromatic heterocycles. The maximum absolute atomic E-state index is 12.9. The Morgan fingerprint density at radius 1 is 1.14 bits per heavy atom. The summed E-state index contributed by atoms with van der Waals surface area (Å²) in [6.45, 7) is 10.2. The van der Waals surface area contributed by atoms with Gasteiger partial charge < -0.3 is 24.8 Å². The fourth-order valence-corrected chi connectivity index (χ4v) is 5.28. The molecule has 1 fully saturated rings. The monoisotopic (exact) mass is 505 g/mol. The molecule has 0 radical (unpaired) electrons. The molecule has 1 saturated heterocycles. The average molecular weight is 506 g/mol. The van der Waals surface area contributed by atoms with Gasteiger partial charge >= 0.3 is 0 Å². The Labute approximate surface area is 218 Å². The summed E-state index contributed by atoms with van der Waals surface area (Å²) < 4.78 is 7.61. The predicted octanol–water partition coefficient (Wildman–Crippen LogP) is 4.76. The predicted molar refractivity (Wildman–Crippen MR) is 147 cm³/mol. The quantitative estimate of drug-likeness (QED) is 0.409. The second kappa shape index (κ2) is 11.2. The van der Waals surface area contributed by atoms with E-state index in [-0.39, 0.29) is 18.0 Å². The van der Waals surface area contributed by atoms with E-state index in [1.807, 2.05) is 50.2 Å². The van der Waals surface area contributed by atoms with Crippen molar-refractivity contribution in [2.24, 2.45) is 0 Å². The number of methoxy groups -OCH3 is 1. The number of amides is 1. The lowest BCUT2D eigenvalue weighted by Crippen LogP contribution is -2.33. The van der Waals surface area contributed by atoms with Crippen LogP contribution in [0.25, 0.3) is 0 Å². The number of aryl methyl sites for hydroxylation is 3. The van der Waals surface area contributed by atoms with Crippen molar-refractivity contribution < 1.29 is 9.53 Å². The molecule has 8 heteroatoms. The number of thiocarbonyl (C=S) groups is 1. The first-order chi connectivity index (χ1) is 17.3. The van der Waals surface area contributed by atoms with Gasteiger partial charge in [0.05, 0.1) is 24.4 Å².